The molecule has 0 spiro atoms. The van der Waals surface area contributed by atoms with Gasteiger partial charge in [0.05, 0.1) is 5.70 Å². The fraction of sp³-hybridized carbons (Fsp3) is 0.412. The van der Waals surface area contributed by atoms with Crippen molar-refractivity contribution in [3.63, 3.8) is 0 Å². The maximum absolute atomic E-state index is 12.5. The van der Waals surface area contributed by atoms with Gasteiger partial charge < -0.3 is 5.32 Å². The van der Waals surface area contributed by atoms with Crippen molar-refractivity contribution in [2.75, 3.05) is 0 Å². The number of fused-ring (bicyclic) bond motifs is 1. The lowest BCUT2D eigenvalue weighted by molar-refractivity contribution is -0.118. The highest BCUT2D eigenvalue weighted by molar-refractivity contribution is 6.21. The SMILES string of the molecule is CC(=O)NC1=C(C2CCCCC2)c2ccccc2C1=O. The van der Waals surface area contributed by atoms with Crippen molar-refractivity contribution in [1.82, 2.24) is 5.32 Å². The number of ketones is 1. The molecule has 0 unspecified atom stereocenters. The second-order valence-corrected chi connectivity index (χ2v) is 5.68. The summed E-state index contributed by atoms with van der Waals surface area (Å²) < 4.78 is 0. The second-order valence-electron chi connectivity index (χ2n) is 5.68. The van der Waals surface area contributed by atoms with E-state index in [1.54, 1.807) is 0 Å². The van der Waals surface area contributed by atoms with Gasteiger partial charge in [-0.2, -0.15) is 0 Å². The fourth-order valence-corrected chi connectivity index (χ4v) is 3.42. The van der Waals surface area contributed by atoms with E-state index in [1.807, 2.05) is 24.3 Å². The maximum atomic E-state index is 12.5. The van der Waals surface area contributed by atoms with Gasteiger partial charge in [0.25, 0.3) is 0 Å². The minimum atomic E-state index is -0.172. The Labute approximate surface area is 119 Å². The van der Waals surface area contributed by atoms with Crippen LogP contribution in [0.15, 0.2) is 30.0 Å². The molecule has 1 aromatic carbocycles. The van der Waals surface area contributed by atoms with Crippen LogP contribution in [0.1, 0.15) is 54.9 Å². The van der Waals surface area contributed by atoms with Crippen LogP contribution in [0.4, 0.5) is 0 Å². The Bertz CT molecular complexity index is 595. The van der Waals surface area contributed by atoms with Crippen LogP contribution in [-0.4, -0.2) is 11.7 Å². The molecular weight excluding hydrogens is 250 g/mol. The van der Waals surface area contributed by atoms with Gasteiger partial charge in [-0.25, -0.2) is 0 Å². The van der Waals surface area contributed by atoms with Crippen LogP contribution < -0.4 is 5.32 Å². The first-order chi connectivity index (χ1) is 9.68. The second kappa shape index (κ2) is 5.23. The molecule has 0 aromatic heterocycles. The van der Waals surface area contributed by atoms with Crippen LogP contribution in [0.2, 0.25) is 0 Å². The summed E-state index contributed by atoms with van der Waals surface area (Å²) in [5.41, 5.74) is 3.34. The minimum absolute atomic E-state index is 0.0311. The van der Waals surface area contributed by atoms with Gasteiger partial charge in [-0.15, -0.1) is 0 Å². The van der Waals surface area contributed by atoms with Gasteiger partial charge in [0, 0.05) is 12.5 Å². The van der Waals surface area contributed by atoms with Gasteiger partial charge in [-0.3, -0.25) is 9.59 Å². The highest BCUT2D eigenvalue weighted by Crippen LogP contribution is 2.42. The molecule has 0 heterocycles. The van der Waals surface area contributed by atoms with Gasteiger partial charge in [0.1, 0.15) is 0 Å². The molecule has 2 aliphatic rings. The lowest BCUT2D eigenvalue weighted by Gasteiger charge is -2.24. The zero-order valence-electron chi connectivity index (χ0n) is 11.7. The topological polar surface area (TPSA) is 46.2 Å². The normalized spacial score (nSPS) is 19.1. The Morgan fingerprint density at radius 1 is 1.10 bits per heavy atom. The van der Waals surface area contributed by atoms with Crippen LogP contribution in [0.5, 0.6) is 0 Å². The van der Waals surface area contributed by atoms with Crippen LogP contribution in [-0.2, 0) is 4.79 Å². The molecule has 0 radical (unpaired) electrons. The van der Waals surface area contributed by atoms with Crippen LogP contribution >= 0.6 is 0 Å². The number of nitrogens with one attached hydrogen (secondary N) is 1. The number of hydrogen-bond acceptors (Lipinski definition) is 2. The molecule has 0 saturated heterocycles. The molecule has 1 amide bonds. The molecule has 104 valence electrons. The Morgan fingerprint density at radius 3 is 2.40 bits per heavy atom. The first-order valence-electron chi connectivity index (χ1n) is 7.34. The molecule has 3 rings (SSSR count). The lowest BCUT2D eigenvalue weighted by atomic mass is 9.81. The number of rotatable bonds is 2. The van der Waals surface area contributed by atoms with E-state index in [1.165, 1.54) is 26.2 Å². The number of allylic oxidation sites excluding steroid dienone is 2. The summed E-state index contributed by atoms with van der Waals surface area (Å²) in [4.78, 5) is 23.9. The smallest absolute Gasteiger partial charge is 0.221 e. The summed E-state index contributed by atoms with van der Waals surface area (Å²) in [6.45, 7) is 1.46. The standard InChI is InChI=1S/C17H19NO2/c1-11(19)18-16-15(12-7-3-2-4-8-12)13-9-5-6-10-14(13)17(16)20/h5-6,9-10,12H,2-4,7-8H2,1H3,(H,18,19,20). The van der Waals surface area contributed by atoms with Crippen molar-refractivity contribution >= 4 is 17.3 Å². The van der Waals surface area contributed by atoms with Crippen molar-refractivity contribution in [3.8, 4) is 0 Å². The van der Waals surface area contributed by atoms with E-state index in [4.69, 9.17) is 0 Å². The zero-order valence-corrected chi connectivity index (χ0v) is 11.7. The number of carbonyl (C=O) groups excluding carboxylic acids is 2. The van der Waals surface area contributed by atoms with E-state index in [2.05, 4.69) is 5.32 Å². The highest BCUT2D eigenvalue weighted by Gasteiger charge is 2.34. The van der Waals surface area contributed by atoms with Gasteiger partial charge in [0.15, 0.2) is 0 Å². The lowest BCUT2D eigenvalue weighted by Crippen LogP contribution is -2.25. The van der Waals surface area contributed by atoms with Gasteiger partial charge in [-0.1, -0.05) is 43.5 Å². The van der Waals surface area contributed by atoms with Crippen molar-refractivity contribution in [2.45, 2.75) is 39.0 Å². The van der Waals surface area contributed by atoms with E-state index < -0.39 is 0 Å². The molecule has 3 nitrogen and oxygen atoms in total. The summed E-state index contributed by atoms with van der Waals surface area (Å²) in [7, 11) is 0. The molecule has 0 bridgehead atoms. The molecular formula is C17H19NO2. The molecule has 0 atom stereocenters. The van der Waals surface area contributed by atoms with Gasteiger partial charge >= 0.3 is 0 Å². The summed E-state index contributed by atoms with van der Waals surface area (Å²) in [6, 6.07) is 7.71. The monoisotopic (exact) mass is 269 g/mol. The zero-order chi connectivity index (χ0) is 14.1. The third-order valence-corrected chi connectivity index (χ3v) is 4.27. The van der Waals surface area contributed by atoms with Crippen molar-refractivity contribution in [3.05, 3.63) is 41.1 Å². The average Bonchev–Trinajstić information content (AvgIpc) is 2.73. The van der Waals surface area contributed by atoms with E-state index >= 15 is 0 Å². The largest absolute Gasteiger partial charge is 0.323 e. The van der Waals surface area contributed by atoms with E-state index in [9.17, 15) is 9.59 Å². The van der Waals surface area contributed by atoms with E-state index in [0.29, 0.717) is 11.6 Å². The third kappa shape index (κ3) is 2.17. The molecule has 1 aromatic rings. The Hall–Kier alpha value is -1.90. The van der Waals surface area contributed by atoms with Crippen LogP contribution in [0.25, 0.3) is 5.57 Å². The summed E-state index contributed by atoms with van der Waals surface area (Å²) in [5.74, 6) is 0.198. The van der Waals surface area contributed by atoms with E-state index in [0.717, 1.165) is 29.5 Å². The number of hydrogen-bond donors (Lipinski definition) is 1. The van der Waals surface area contributed by atoms with E-state index in [-0.39, 0.29) is 11.7 Å². The molecule has 3 heteroatoms. The first kappa shape index (κ1) is 13.1. The number of benzene rings is 1. The molecule has 1 saturated carbocycles. The average molecular weight is 269 g/mol. The number of carbonyl (C=O) groups is 2. The minimum Gasteiger partial charge on any atom is -0.323 e. The highest BCUT2D eigenvalue weighted by atomic mass is 16.2. The predicted octanol–water partition coefficient (Wildman–Crippen LogP) is 3.31. The Balaban J connectivity index is 2.08. The van der Waals surface area contributed by atoms with Gasteiger partial charge in [0.2, 0.25) is 11.7 Å². The predicted molar refractivity (Wildman–Crippen MR) is 78.1 cm³/mol. The number of amides is 1. The molecule has 0 aliphatic heterocycles. The molecule has 1 N–H and O–H groups in total. The van der Waals surface area contributed by atoms with Crippen molar-refractivity contribution < 1.29 is 9.59 Å². The quantitative estimate of drug-likeness (QED) is 0.895. The Kier molecular flexibility index (Phi) is 3.43. The summed E-state index contributed by atoms with van der Waals surface area (Å²) >= 11 is 0. The molecule has 1 fully saturated rings. The number of Topliss-reactive ketones (excluding diaryl/α,β-unsaturated/α-hetero) is 1. The summed E-state index contributed by atoms with van der Waals surface area (Å²) in [5, 5.41) is 2.78. The summed E-state index contributed by atoms with van der Waals surface area (Å²) in [6.07, 6.45) is 5.91. The van der Waals surface area contributed by atoms with Crippen LogP contribution in [0, 0.1) is 5.92 Å². The molecule has 2 aliphatic carbocycles. The molecule has 20 heavy (non-hydrogen) atoms. The van der Waals surface area contributed by atoms with Crippen molar-refractivity contribution in [2.24, 2.45) is 5.92 Å². The van der Waals surface area contributed by atoms with Crippen LogP contribution in [0.3, 0.4) is 0 Å². The van der Waals surface area contributed by atoms with Gasteiger partial charge in [-0.05, 0) is 29.9 Å². The first-order valence-corrected chi connectivity index (χ1v) is 7.34. The Morgan fingerprint density at radius 2 is 1.75 bits per heavy atom. The fourth-order valence-electron chi connectivity index (χ4n) is 3.42. The van der Waals surface area contributed by atoms with Crippen molar-refractivity contribution in [1.29, 1.82) is 0 Å². The third-order valence-electron chi connectivity index (χ3n) is 4.27. The maximum Gasteiger partial charge on any atom is 0.221 e.